The lowest BCUT2D eigenvalue weighted by molar-refractivity contribution is 0.215. The quantitative estimate of drug-likeness (QED) is 0.616. The molecule has 1 aromatic rings. The van der Waals surface area contributed by atoms with Crippen LogP contribution in [0.25, 0.3) is 0 Å². The van der Waals surface area contributed by atoms with Crippen molar-refractivity contribution in [1.82, 2.24) is 4.90 Å². The van der Waals surface area contributed by atoms with Gasteiger partial charge in [-0.3, -0.25) is 10.2 Å². The Morgan fingerprint density at radius 1 is 1.37 bits per heavy atom. The molecule has 102 valence electrons. The number of carbonyl (C=O) groups is 2. The van der Waals surface area contributed by atoms with E-state index in [-0.39, 0.29) is 0 Å². The molecule has 0 heterocycles. The van der Waals surface area contributed by atoms with Crippen LogP contribution in [0.15, 0.2) is 24.3 Å². The van der Waals surface area contributed by atoms with Crippen LogP contribution in [0.4, 0.5) is 15.3 Å². The maximum Gasteiger partial charge on any atom is 0.337 e. The molecule has 1 rings (SSSR count). The molecule has 0 aliphatic rings. The number of amidine groups is 1. The third kappa shape index (κ3) is 4.15. The van der Waals surface area contributed by atoms with E-state index in [2.05, 4.69) is 10.1 Å². The number of imide groups is 1. The van der Waals surface area contributed by atoms with Gasteiger partial charge >= 0.3 is 6.03 Å². The van der Waals surface area contributed by atoms with E-state index in [1.807, 2.05) is 0 Å². The summed E-state index contributed by atoms with van der Waals surface area (Å²) in [5.41, 5.74) is 0.456. The molecular formula is C11H12ClN3O3S. The van der Waals surface area contributed by atoms with Crippen molar-refractivity contribution >= 4 is 46.3 Å². The van der Waals surface area contributed by atoms with Gasteiger partial charge in [-0.15, -0.1) is 0 Å². The number of hydrogen-bond acceptors (Lipinski definition) is 5. The van der Waals surface area contributed by atoms with Crippen LogP contribution in [0.3, 0.4) is 0 Å². The van der Waals surface area contributed by atoms with Gasteiger partial charge in [0.25, 0.3) is 11.3 Å². The van der Waals surface area contributed by atoms with Gasteiger partial charge in [0.2, 0.25) is 0 Å². The number of nitrogens with zero attached hydrogens (tertiary/aromatic N) is 1. The van der Waals surface area contributed by atoms with Crippen LogP contribution in [-0.4, -0.2) is 35.6 Å². The van der Waals surface area contributed by atoms with Gasteiger partial charge in [0.1, 0.15) is 0 Å². The maximum atomic E-state index is 11.9. The van der Waals surface area contributed by atoms with Crippen LogP contribution in [0.1, 0.15) is 0 Å². The summed E-state index contributed by atoms with van der Waals surface area (Å²) in [6.07, 6.45) is 1.51. The molecular weight excluding hydrogens is 290 g/mol. The molecule has 8 heteroatoms. The Hall–Kier alpha value is -1.73. The van der Waals surface area contributed by atoms with E-state index in [4.69, 9.17) is 17.0 Å². The van der Waals surface area contributed by atoms with Gasteiger partial charge in [0.05, 0.1) is 7.11 Å². The molecule has 1 aromatic carbocycles. The van der Waals surface area contributed by atoms with Crippen LogP contribution < -0.4 is 5.32 Å². The number of carbonyl (C=O) groups excluding carboxylic acids is 2. The molecule has 6 nitrogen and oxygen atoms in total. The van der Waals surface area contributed by atoms with Gasteiger partial charge in [-0.2, -0.15) is 4.90 Å². The summed E-state index contributed by atoms with van der Waals surface area (Å²) < 4.78 is 4.61. The summed E-state index contributed by atoms with van der Waals surface area (Å²) in [5, 5.41) is 9.83. The zero-order valence-corrected chi connectivity index (χ0v) is 11.8. The number of anilines is 1. The highest BCUT2D eigenvalue weighted by molar-refractivity contribution is 8.13. The first-order valence-corrected chi connectivity index (χ1v) is 6.67. The van der Waals surface area contributed by atoms with Crippen LogP contribution in [0, 0.1) is 5.41 Å². The van der Waals surface area contributed by atoms with Gasteiger partial charge < -0.3 is 10.1 Å². The first-order chi connectivity index (χ1) is 8.99. The summed E-state index contributed by atoms with van der Waals surface area (Å²) in [6, 6.07) is 5.04. The van der Waals surface area contributed by atoms with Crippen molar-refractivity contribution in [1.29, 1.82) is 5.41 Å². The lowest BCUT2D eigenvalue weighted by Gasteiger charge is -2.19. The molecule has 0 aromatic heterocycles. The Labute approximate surface area is 119 Å². The molecule has 0 radical (unpaired) electrons. The fourth-order valence-corrected chi connectivity index (χ4v) is 1.63. The van der Waals surface area contributed by atoms with Crippen molar-refractivity contribution in [3.8, 4) is 0 Å². The monoisotopic (exact) mass is 301 g/mol. The molecule has 0 aliphatic carbocycles. The van der Waals surface area contributed by atoms with E-state index >= 15 is 0 Å². The second-order valence-corrected chi connectivity index (χ2v) is 4.45. The number of nitrogens with one attached hydrogen (secondary N) is 2. The minimum absolute atomic E-state index is 0.456. The fourth-order valence-electron chi connectivity index (χ4n) is 1.15. The Kier molecular flexibility index (Phi) is 5.65. The number of ether oxygens (including phenoxy) is 1. The maximum absolute atomic E-state index is 11.9. The topological polar surface area (TPSA) is 82.5 Å². The van der Waals surface area contributed by atoms with Crippen molar-refractivity contribution in [3.05, 3.63) is 29.3 Å². The third-order valence-corrected chi connectivity index (χ3v) is 2.84. The summed E-state index contributed by atoms with van der Waals surface area (Å²) in [4.78, 5) is 24.1. The predicted octanol–water partition coefficient (Wildman–Crippen LogP) is 3.24. The zero-order chi connectivity index (χ0) is 14.4. The third-order valence-electron chi connectivity index (χ3n) is 2.05. The molecule has 19 heavy (non-hydrogen) atoms. The van der Waals surface area contributed by atoms with Crippen LogP contribution in [-0.2, 0) is 4.74 Å². The van der Waals surface area contributed by atoms with Gasteiger partial charge in [-0.05, 0) is 30.5 Å². The average Bonchev–Trinajstić information content (AvgIpc) is 2.41. The molecule has 0 unspecified atom stereocenters. The van der Waals surface area contributed by atoms with Crippen LogP contribution in [0.2, 0.25) is 5.02 Å². The molecule has 0 spiro atoms. The second kappa shape index (κ2) is 7.01. The molecule has 0 atom stereocenters. The highest BCUT2D eigenvalue weighted by Gasteiger charge is 2.26. The Bertz CT molecular complexity index is 476. The molecule has 0 saturated heterocycles. The summed E-state index contributed by atoms with van der Waals surface area (Å²) in [5.74, 6) is 0. The first kappa shape index (κ1) is 15.3. The van der Waals surface area contributed by atoms with E-state index < -0.39 is 17.3 Å². The molecule has 0 saturated carbocycles. The fraction of sp³-hybridized carbons (Fsp3) is 0.182. The van der Waals surface area contributed by atoms with Gasteiger partial charge in [0.15, 0.2) is 0 Å². The highest BCUT2D eigenvalue weighted by Crippen LogP contribution is 2.15. The van der Waals surface area contributed by atoms with E-state index in [1.54, 1.807) is 24.3 Å². The molecule has 2 N–H and O–H groups in total. The number of thioether (sulfide) groups is 1. The minimum atomic E-state index is -0.770. The van der Waals surface area contributed by atoms with Gasteiger partial charge in [-0.25, -0.2) is 4.79 Å². The predicted molar refractivity (Wildman–Crippen MR) is 76.0 cm³/mol. The molecule has 0 fully saturated rings. The van der Waals surface area contributed by atoms with Crippen molar-refractivity contribution in [2.24, 2.45) is 0 Å². The number of benzene rings is 1. The lowest BCUT2D eigenvalue weighted by atomic mass is 10.3. The van der Waals surface area contributed by atoms with Crippen LogP contribution in [0.5, 0.6) is 0 Å². The van der Waals surface area contributed by atoms with Crippen LogP contribution >= 0.6 is 23.4 Å². The summed E-state index contributed by atoms with van der Waals surface area (Å²) in [6.45, 7) is 0. The van der Waals surface area contributed by atoms with Gasteiger partial charge in [0, 0.05) is 10.7 Å². The van der Waals surface area contributed by atoms with E-state index in [9.17, 15) is 9.59 Å². The largest absolute Gasteiger partial charge is 0.468 e. The number of urea groups is 1. The minimum Gasteiger partial charge on any atom is -0.468 e. The van der Waals surface area contributed by atoms with Gasteiger partial charge in [-0.1, -0.05) is 23.4 Å². The van der Waals surface area contributed by atoms with E-state index in [0.717, 1.165) is 11.8 Å². The number of rotatable bonds is 1. The number of halogens is 1. The van der Waals surface area contributed by atoms with E-state index in [0.29, 0.717) is 15.6 Å². The second-order valence-electron chi connectivity index (χ2n) is 3.25. The normalized spacial score (nSPS) is 9.63. The highest BCUT2D eigenvalue weighted by atomic mass is 35.5. The summed E-state index contributed by atoms with van der Waals surface area (Å²) >= 11 is 6.52. The molecule has 0 aliphatic heterocycles. The van der Waals surface area contributed by atoms with Crippen molar-refractivity contribution in [3.63, 3.8) is 0 Å². The van der Waals surface area contributed by atoms with Crippen molar-refractivity contribution < 1.29 is 14.3 Å². The van der Waals surface area contributed by atoms with Crippen molar-refractivity contribution in [2.45, 2.75) is 0 Å². The van der Waals surface area contributed by atoms with E-state index in [1.165, 1.54) is 13.4 Å². The molecule has 0 bridgehead atoms. The number of amides is 3. The Morgan fingerprint density at radius 2 is 1.95 bits per heavy atom. The van der Waals surface area contributed by atoms with Crippen molar-refractivity contribution in [2.75, 3.05) is 18.7 Å². The SMILES string of the molecule is COC(=N)N(C(=O)Nc1ccc(Cl)cc1)C(=O)SC. The molecule has 3 amide bonds. The zero-order valence-electron chi connectivity index (χ0n) is 10.3. The Balaban J connectivity index is 2.85. The number of hydrogen-bond donors (Lipinski definition) is 2. The Morgan fingerprint density at radius 3 is 2.42 bits per heavy atom. The first-order valence-electron chi connectivity index (χ1n) is 5.06. The average molecular weight is 302 g/mol. The standard InChI is InChI=1S/C11H12ClN3O3S/c1-18-9(13)15(11(17)19-2)10(16)14-8-5-3-7(12)4-6-8/h3-6,13H,1-2H3,(H,14,16). The summed E-state index contributed by atoms with van der Waals surface area (Å²) in [7, 11) is 1.21. The lowest BCUT2D eigenvalue weighted by Crippen LogP contribution is -2.42. The smallest absolute Gasteiger partial charge is 0.337 e. The number of methoxy groups -OCH3 is 1.